The van der Waals surface area contributed by atoms with Crippen LogP contribution in [0.5, 0.6) is 0 Å². The van der Waals surface area contributed by atoms with Crippen molar-refractivity contribution in [3.63, 3.8) is 0 Å². The number of nitrogens with one attached hydrogen (secondary N) is 2. The van der Waals surface area contributed by atoms with Gasteiger partial charge >= 0.3 is 0 Å². The number of hydrogen-bond acceptors (Lipinski definition) is 5. The number of carbonyl (C=O) groups excluding carboxylic acids is 1. The SMILES string of the molecule is CN=C(NCCN1CCN(C(C)=O)CC1)NC1CCN(c2ncccc2Cl)C1.I. The van der Waals surface area contributed by atoms with Gasteiger partial charge in [0.05, 0.1) is 5.02 Å². The lowest BCUT2D eigenvalue weighted by atomic mass is 10.3. The number of aliphatic imine (C=N–C) groups is 1. The zero-order valence-electron chi connectivity index (χ0n) is 17.1. The number of amides is 1. The number of halogens is 2. The molecule has 2 aliphatic heterocycles. The van der Waals surface area contributed by atoms with E-state index in [2.05, 4.69) is 30.4 Å². The summed E-state index contributed by atoms with van der Waals surface area (Å²) in [5, 5.41) is 7.59. The van der Waals surface area contributed by atoms with Gasteiger partial charge in [0, 0.05) is 78.6 Å². The molecular formula is C19H31ClIN7O. The van der Waals surface area contributed by atoms with E-state index in [4.69, 9.17) is 11.6 Å². The highest BCUT2D eigenvalue weighted by Gasteiger charge is 2.25. The summed E-state index contributed by atoms with van der Waals surface area (Å²) in [5.74, 6) is 1.84. The van der Waals surface area contributed by atoms with Crippen molar-refractivity contribution in [2.45, 2.75) is 19.4 Å². The van der Waals surface area contributed by atoms with Gasteiger partial charge in [-0.3, -0.25) is 14.7 Å². The molecule has 1 aromatic heterocycles. The molecule has 0 bridgehead atoms. The topological polar surface area (TPSA) is 76.1 Å². The number of anilines is 1. The first-order chi connectivity index (χ1) is 13.6. The van der Waals surface area contributed by atoms with Crippen molar-refractivity contribution < 1.29 is 4.79 Å². The van der Waals surface area contributed by atoms with Gasteiger partial charge in [0.25, 0.3) is 0 Å². The molecule has 2 aliphatic rings. The Morgan fingerprint density at radius 3 is 2.72 bits per heavy atom. The molecule has 29 heavy (non-hydrogen) atoms. The molecule has 2 saturated heterocycles. The van der Waals surface area contributed by atoms with Gasteiger partial charge < -0.3 is 20.4 Å². The highest BCUT2D eigenvalue weighted by molar-refractivity contribution is 14.0. The van der Waals surface area contributed by atoms with E-state index in [-0.39, 0.29) is 29.9 Å². The predicted octanol–water partition coefficient (Wildman–Crippen LogP) is 1.26. The molecule has 8 nitrogen and oxygen atoms in total. The fourth-order valence-electron chi connectivity index (χ4n) is 3.69. The summed E-state index contributed by atoms with van der Waals surface area (Å²) in [5.41, 5.74) is 0. The third-order valence-electron chi connectivity index (χ3n) is 5.33. The van der Waals surface area contributed by atoms with Crippen LogP contribution in [0, 0.1) is 0 Å². The standard InChI is InChI=1S/C19H30ClN7O.HI/c1-15(28)26-12-10-25(11-13-26)9-7-23-19(21-2)24-16-5-8-27(14-16)18-17(20)4-3-6-22-18;/h3-4,6,16H,5,7-14H2,1-2H3,(H2,21,23,24);1H. The summed E-state index contributed by atoms with van der Waals surface area (Å²) < 4.78 is 0. The maximum atomic E-state index is 11.4. The third kappa shape index (κ3) is 6.85. The first kappa shape index (κ1) is 23.9. The van der Waals surface area contributed by atoms with Gasteiger partial charge in [-0.05, 0) is 18.6 Å². The zero-order chi connectivity index (χ0) is 19.9. The number of pyridine rings is 1. The zero-order valence-corrected chi connectivity index (χ0v) is 20.2. The molecule has 1 atom stereocenters. The van der Waals surface area contributed by atoms with Gasteiger partial charge in [-0.2, -0.15) is 0 Å². The van der Waals surface area contributed by atoms with Crippen LogP contribution in [-0.2, 0) is 4.79 Å². The van der Waals surface area contributed by atoms with E-state index in [0.29, 0.717) is 11.1 Å². The van der Waals surface area contributed by atoms with Gasteiger partial charge in [0.1, 0.15) is 5.82 Å². The number of guanidine groups is 1. The molecule has 3 heterocycles. The first-order valence-electron chi connectivity index (χ1n) is 9.87. The van der Waals surface area contributed by atoms with E-state index in [9.17, 15) is 4.79 Å². The van der Waals surface area contributed by atoms with E-state index < -0.39 is 0 Å². The summed E-state index contributed by atoms with van der Waals surface area (Å²) in [4.78, 5) is 26.6. The van der Waals surface area contributed by atoms with Crippen LogP contribution in [0.25, 0.3) is 0 Å². The summed E-state index contributed by atoms with van der Waals surface area (Å²) in [7, 11) is 1.79. The second kappa shape index (κ2) is 11.8. The van der Waals surface area contributed by atoms with Crippen molar-refractivity contribution in [3.8, 4) is 0 Å². The van der Waals surface area contributed by atoms with Crippen LogP contribution in [0.2, 0.25) is 5.02 Å². The fourth-order valence-corrected chi connectivity index (χ4v) is 3.93. The van der Waals surface area contributed by atoms with Crippen molar-refractivity contribution >= 4 is 53.3 Å². The second-order valence-electron chi connectivity index (χ2n) is 7.23. The van der Waals surface area contributed by atoms with Gasteiger partial charge in [-0.25, -0.2) is 4.98 Å². The fraction of sp³-hybridized carbons (Fsp3) is 0.632. The van der Waals surface area contributed by atoms with Crippen LogP contribution in [-0.4, -0.2) is 92.1 Å². The molecule has 0 saturated carbocycles. The molecule has 162 valence electrons. The summed E-state index contributed by atoms with van der Waals surface area (Å²) in [6.45, 7) is 8.65. The number of aromatic nitrogens is 1. The maximum Gasteiger partial charge on any atom is 0.219 e. The number of carbonyl (C=O) groups is 1. The molecule has 0 aromatic carbocycles. The lowest BCUT2D eigenvalue weighted by Crippen LogP contribution is -2.51. The molecule has 2 fully saturated rings. The molecule has 1 aromatic rings. The quantitative estimate of drug-likeness (QED) is 0.336. The van der Waals surface area contributed by atoms with E-state index in [1.165, 1.54) is 0 Å². The third-order valence-corrected chi connectivity index (χ3v) is 5.62. The molecule has 3 rings (SSSR count). The summed E-state index contributed by atoms with van der Waals surface area (Å²) >= 11 is 6.27. The first-order valence-corrected chi connectivity index (χ1v) is 10.2. The van der Waals surface area contributed by atoms with Crippen LogP contribution < -0.4 is 15.5 Å². The Morgan fingerprint density at radius 1 is 1.31 bits per heavy atom. The Morgan fingerprint density at radius 2 is 2.07 bits per heavy atom. The van der Waals surface area contributed by atoms with E-state index in [1.807, 2.05) is 17.0 Å². The van der Waals surface area contributed by atoms with E-state index >= 15 is 0 Å². The van der Waals surface area contributed by atoms with Crippen LogP contribution in [0.4, 0.5) is 5.82 Å². The van der Waals surface area contributed by atoms with Crippen LogP contribution in [0.3, 0.4) is 0 Å². The molecule has 2 N–H and O–H groups in total. The Hall–Kier alpha value is -1.33. The Bertz CT molecular complexity index is 697. The molecule has 0 radical (unpaired) electrons. The number of nitrogens with zero attached hydrogens (tertiary/aromatic N) is 5. The summed E-state index contributed by atoms with van der Waals surface area (Å²) in [6.07, 6.45) is 2.79. The highest BCUT2D eigenvalue weighted by atomic mass is 127. The van der Waals surface area contributed by atoms with Gasteiger partial charge in [-0.1, -0.05) is 11.6 Å². The lowest BCUT2D eigenvalue weighted by Gasteiger charge is -2.34. The van der Waals surface area contributed by atoms with Crippen molar-refractivity contribution in [1.29, 1.82) is 0 Å². The average molecular weight is 536 g/mol. The summed E-state index contributed by atoms with van der Waals surface area (Å²) in [6, 6.07) is 4.04. The number of hydrogen-bond donors (Lipinski definition) is 2. The number of piperazine rings is 1. The largest absolute Gasteiger partial charge is 0.355 e. The monoisotopic (exact) mass is 535 g/mol. The Kier molecular flexibility index (Phi) is 9.70. The highest BCUT2D eigenvalue weighted by Crippen LogP contribution is 2.25. The molecule has 1 amide bonds. The average Bonchev–Trinajstić information content (AvgIpc) is 3.16. The van der Waals surface area contributed by atoms with Gasteiger partial charge in [-0.15, -0.1) is 24.0 Å². The van der Waals surface area contributed by atoms with E-state index in [0.717, 1.165) is 70.6 Å². The molecule has 10 heteroatoms. The minimum atomic E-state index is 0. The minimum absolute atomic E-state index is 0. The lowest BCUT2D eigenvalue weighted by molar-refractivity contribution is -0.130. The molecule has 1 unspecified atom stereocenters. The Labute approximate surface area is 195 Å². The predicted molar refractivity (Wildman–Crippen MR) is 128 cm³/mol. The Balaban J connectivity index is 0.00000300. The molecule has 0 aliphatic carbocycles. The van der Waals surface area contributed by atoms with E-state index in [1.54, 1.807) is 20.2 Å². The second-order valence-corrected chi connectivity index (χ2v) is 7.64. The van der Waals surface area contributed by atoms with Gasteiger partial charge in [0.15, 0.2) is 5.96 Å². The van der Waals surface area contributed by atoms with Crippen LogP contribution >= 0.6 is 35.6 Å². The normalized spacial score (nSPS) is 20.4. The molecule has 0 spiro atoms. The molecular weight excluding hydrogens is 505 g/mol. The van der Waals surface area contributed by atoms with Crippen molar-refractivity contribution in [1.82, 2.24) is 25.4 Å². The van der Waals surface area contributed by atoms with Crippen molar-refractivity contribution in [2.75, 3.05) is 64.3 Å². The smallest absolute Gasteiger partial charge is 0.219 e. The minimum Gasteiger partial charge on any atom is -0.355 e. The van der Waals surface area contributed by atoms with Gasteiger partial charge in [0.2, 0.25) is 5.91 Å². The van der Waals surface area contributed by atoms with Crippen molar-refractivity contribution in [2.24, 2.45) is 4.99 Å². The number of rotatable bonds is 5. The van der Waals surface area contributed by atoms with Crippen LogP contribution in [0.15, 0.2) is 23.3 Å². The van der Waals surface area contributed by atoms with Crippen molar-refractivity contribution in [3.05, 3.63) is 23.4 Å². The van der Waals surface area contributed by atoms with Crippen LogP contribution in [0.1, 0.15) is 13.3 Å². The maximum absolute atomic E-state index is 11.4.